The van der Waals surface area contributed by atoms with E-state index in [1.165, 1.54) is 5.70 Å². The fourth-order valence-electron chi connectivity index (χ4n) is 1.09. The highest BCUT2D eigenvalue weighted by atomic mass is 14.9. The molecule has 1 N–H and O–H groups in total. The molecule has 0 aliphatic carbocycles. The molecule has 2 nitrogen and oxygen atoms in total. The molecule has 0 saturated heterocycles. The second-order valence-corrected chi connectivity index (χ2v) is 3.22. The monoisotopic (exact) mass is 168 g/mol. The topological polar surface area (TPSA) is 24.4 Å². The number of aliphatic imine (C=N–C) groups is 1. The van der Waals surface area contributed by atoms with Crippen molar-refractivity contribution in [2.45, 2.75) is 40.7 Å². The third-order valence-corrected chi connectivity index (χ3v) is 1.34. The largest absolute Gasteiger partial charge is 0.389 e. The van der Waals surface area contributed by atoms with E-state index in [4.69, 9.17) is 0 Å². The standard InChI is InChI=1S/C10H20N2/c1-6-11-9(4)7-10(5)12-8(2)3/h7-8,11H,6H2,1-5H3/b9-7-,12-10+. The van der Waals surface area contributed by atoms with Gasteiger partial charge in [-0.2, -0.15) is 0 Å². The summed E-state index contributed by atoms with van der Waals surface area (Å²) in [4.78, 5) is 4.40. The second-order valence-electron chi connectivity index (χ2n) is 3.22. The van der Waals surface area contributed by atoms with Crippen LogP contribution < -0.4 is 5.32 Å². The zero-order valence-electron chi connectivity index (χ0n) is 8.81. The maximum atomic E-state index is 4.40. The Kier molecular flexibility index (Phi) is 5.43. The Bertz CT molecular complexity index is 178. The molecule has 0 spiro atoms. The number of allylic oxidation sites excluding steroid dienone is 2. The summed E-state index contributed by atoms with van der Waals surface area (Å²) in [5, 5.41) is 3.23. The molecule has 0 aliphatic heterocycles. The fourth-order valence-corrected chi connectivity index (χ4v) is 1.09. The smallest absolute Gasteiger partial charge is 0.0446 e. The van der Waals surface area contributed by atoms with Crippen molar-refractivity contribution in [1.29, 1.82) is 0 Å². The summed E-state index contributed by atoms with van der Waals surface area (Å²) in [7, 11) is 0. The molecular formula is C10H20N2. The number of hydrogen-bond acceptors (Lipinski definition) is 2. The maximum absolute atomic E-state index is 4.40. The van der Waals surface area contributed by atoms with Crippen molar-refractivity contribution in [3.63, 3.8) is 0 Å². The summed E-state index contributed by atoms with van der Waals surface area (Å²) in [6.45, 7) is 11.3. The van der Waals surface area contributed by atoms with Crippen molar-refractivity contribution in [3.05, 3.63) is 11.8 Å². The number of nitrogens with zero attached hydrogens (tertiary/aromatic N) is 1. The number of nitrogens with one attached hydrogen (secondary N) is 1. The molecule has 0 aliphatic rings. The summed E-state index contributed by atoms with van der Waals surface area (Å²) in [5.41, 5.74) is 2.27. The van der Waals surface area contributed by atoms with Crippen molar-refractivity contribution < 1.29 is 0 Å². The molecule has 0 aromatic heterocycles. The van der Waals surface area contributed by atoms with E-state index in [1.54, 1.807) is 0 Å². The highest BCUT2D eigenvalue weighted by Crippen LogP contribution is 1.93. The van der Waals surface area contributed by atoms with Crippen LogP contribution in [-0.4, -0.2) is 18.3 Å². The first-order valence-electron chi connectivity index (χ1n) is 4.52. The third-order valence-electron chi connectivity index (χ3n) is 1.34. The summed E-state index contributed by atoms with van der Waals surface area (Å²) in [6.07, 6.45) is 2.07. The van der Waals surface area contributed by atoms with Crippen molar-refractivity contribution in [2.75, 3.05) is 6.54 Å². The highest BCUT2D eigenvalue weighted by Gasteiger charge is 1.90. The van der Waals surface area contributed by atoms with Crippen molar-refractivity contribution in [2.24, 2.45) is 4.99 Å². The van der Waals surface area contributed by atoms with Crippen LogP contribution in [0, 0.1) is 0 Å². The van der Waals surface area contributed by atoms with E-state index in [0.29, 0.717) is 6.04 Å². The highest BCUT2D eigenvalue weighted by molar-refractivity contribution is 5.93. The molecule has 2 heteroatoms. The van der Waals surface area contributed by atoms with Crippen LogP contribution in [0.5, 0.6) is 0 Å². The zero-order valence-corrected chi connectivity index (χ0v) is 8.81. The van der Waals surface area contributed by atoms with E-state index in [0.717, 1.165) is 12.3 Å². The summed E-state index contributed by atoms with van der Waals surface area (Å²) in [5.74, 6) is 0. The van der Waals surface area contributed by atoms with E-state index in [1.807, 2.05) is 6.92 Å². The molecule has 0 bridgehead atoms. The molecule has 0 aromatic rings. The first kappa shape index (κ1) is 11.2. The zero-order chi connectivity index (χ0) is 9.56. The Morgan fingerprint density at radius 2 is 2.00 bits per heavy atom. The van der Waals surface area contributed by atoms with Crippen LogP contribution >= 0.6 is 0 Å². The van der Waals surface area contributed by atoms with Gasteiger partial charge >= 0.3 is 0 Å². The SMILES string of the molecule is CCN/C(C)=C\C(C)=N\C(C)C. The number of rotatable bonds is 4. The Labute approximate surface area is 75.8 Å². The van der Waals surface area contributed by atoms with Crippen molar-refractivity contribution in [3.8, 4) is 0 Å². The van der Waals surface area contributed by atoms with Gasteiger partial charge in [0.15, 0.2) is 0 Å². The molecule has 12 heavy (non-hydrogen) atoms. The molecule has 0 radical (unpaired) electrons. The average molecular weight is 168 g/mol. The molecular weight excluding hydrogens is 148 g/mol. The Balaban J connectivity index is 4.12. The normalized spacial score (nSPS) is 13.8. The number of hydrogen-bond donors (Lipinski definition) is 1. The first-order chi connectivity index (χ1) is 5.56. The Hall–Kier alpha value is -0.790. The molecule has 0 saturated carbocycles. The maximum Gasteiger partial charge on any atom is 0.0446 e. The minimum absolute atomic E-state index is 0.385. The van der Waals surface area contributed by atoms with Gasteiger partial charge in [0.05, 0.1) is 0 Å². The van der Waals surface area contributed by atoms with Gasteiger partial charge in [-0.25, -0.2) is 0 Å². The van der Waals surface area contributed by atoms with Crippen molar-refractivity contribution in [1.82, 2.24) is 5.32 Å². The van der Waals surface area contributed by atoms with Gasteiger partial charge in [0.2, 0.25) is 0 Å². The van der Waals surface area contributed by atoms with Gasteiger partial charge in [-0.3, -0.25) is 4.99 Å². The lowest BCUT2D eigenvalue weighted by atomic mass is 10.3. The molecule has 0 amide bonds. The van der Waals surface area contributed by atoms with Gasteiger partial charge < -0.3 is 5.32 Å². The van der Waals surface area contributed by atoms with Gasteiger partial charge in [-0.05, 0) is 40.7 Å². The van der Waals surface area contributed by atoms with Crippen LogP contribution in [0.15, 0.2) is 16.8 Å². The summed E-state index contributed by atoms with van der Waals surface area (Å²) >= 11 is 0. The lowest BCUT2D eigenvalue weighted by Crippen LogP contribution is -2.10. The van der Waals surface area contributed by atoms with Crippen molar-refractivity contribution >= 4 is 5.71 Å². The second kappa shape index (κ2) is 5.81. The quantitative estimate of drug-likeness (QED) is 0.640. The van der Waals surface area contributed by atoms with E-state index in [9.17, 15) is 0 Å². The van der Waals surface area contributed by atoms with E-state index < -0.39 is 0 Å². The lowest BCUT2D eigenvalue weighted by Gasteiger charge is -2.03. The van der Waals surface area contributed by atoms with Crippen LogP contribution in [0.25, 0.3) is 0 Å². The van der Waals surface area contributed by atoms with E-state index >= 15 is 0 Å². The molecule has 0 aromatic carbocycles. The first-order valence-corrected chi connectivity index (χ1v) is 4.52. The Morgan fingerprint density at radius 1 is 1.42 bits per heavy atom. The van der Waals surface area contributed by atoms with Crippen LogP contribution in [0.2, 0.25) is 0 Å². The van der Waals surface area contributed by atoms with Gasteiger partial charge in [-0.15, -0.1) is 0 Å². The van der Waals surface area contributed by atoms with E-state index in [2.05, 4.69) is 44.1 Å². The van der Waals surface area contributed by atoms with Gasteiger partial charge in [0.1, 0.15) is 0 Å². The minimum atomic E-state index is 0.385. The van der Waals surface area contributed by atoms with Crippen LogP contribution in [0.4, 0.5) is 0 Å². The fraction of sp³-hybridized carbons (Fsp3) is 0.700. The Morgan fingerprint density at radius 3 is 2.42 bits per heavy atom. The predicted octanol–water partition coefficient (Wildman–Crippen LogP) is 2.37. The third kappa shape index (κ3) is 5.96. The summed E-state index contributed by atoms with van der Waals surface area (Å²) in [6, 6.07) is 0.385. The summed E-state index contributed by atoms with van der Waals surface area (Å²) < 4.78 is 0. The molecule has 0 fully saturated rings. The van der Waals surface area contributed by atoms with Gasteiger partial charge in [0.25, 0.3) is 0 Å². The molecule has 70 valence electrons. The van der Waals surface area contributed by atoms with Crippen LogP contribution in [0.1, 0.15) is 34.6 Å². The van der Waals surface area contributed by atoms with Gasteiger partial charge in [-0.1, -0.05) is 0 Å². The molecule has 0 heterocycles. The van der Waals surface area contributed by atoms with Gasteiger partial charge in [0, 0.05) is 24.0 Å². The molecule has 0 unspecified atom stereocenters. The molecule has 0 rings (SSSR count). The lowest BCUT2D eigenvalue weighted by molar-refractivity contribution is 0.832. The minimum Gasteiger partial charge on any atom is -0.389 e. The average Bonchev–Trinajstić information content (AvgIpc) is 1.84. The van der Waals surface area contributed by atoms with Crippen LogP contribution in [-0.2, 0) is 0 Å². The van der Waals surface area contributed by atoms with Crippen LogP contribution in [0.3, 0.4) is 0 Å². The molecule has 0 atom stereocenters. The van der Waals surface area contributed by atoms with E-state index in [-0.39, 0.29) is 0 Å². The predicted molar refractivity (Wildman–Crippen MR) is 55.7 cm³/mol.